The minimum absolute atomic E-state index is 0.0480. The third-order valence-corrected chi connectivity index (χ3v) is 3.39. The van der Waals surface area contributed by atoms with Crippen LogP contribution in [0.3, 0.4) is 0 Å². The van der Waals surface area contributed by atoms with E-state index in [0.29, 0.717) is 23.8 Å². The molecule has 0 atom stereocenters. The van der Waals surface area contributed by atoms with Gasteiger partial charge in [0.05, 0.1) is 11.3 Å². The molecule has 126 valence electrons. The standard InChI is InChI=1S/C18H21N3O3/c1-13(2)12-19-16-9-8-15(11-17(16)21(23)24)20-18(22)10-14-6-4-3-5-7-14/h3-9,11,13,19H,10,12H2,1-2H3,(H,20,22). The van der Waals surface area contributed by atoms with Crippen molar-refractivity contribution in [2.75, 3.05) is 17.2 Å². The third-order valence-electron chi connectivity index (χ3n) is 3.39. The number of nitro benzene ring substituents is 1. The Balaban J connectivity index is 2.09. The Morgan fingerprint density at radius 2 is 1.88 bits per heavy atom. The van der Waals surface area contributed by atoms with E-state index in [1.54, 1.807) is 12.1 Å². The first kappa shape index (κ1) is 17.5. The normalized spacial score (nSPS) is 10.5. The van der Waals surface area contributed by atoms with E-state index in [1.807, 2.05) is 44.2 Å². The van der Waals surface area contributed by atoms with E-state index in [4.69, 9.17) is 0 Å². The first-order valence-electron chi connectivity index (χ1n) is 7.82. The number of nitrogens with zero attached hydrogens (tertiary/aromatic N) is 1. The summed E-state index contributed by atoms with van der Waals surface area (Å²) in [6, 6.07) is 14.0. The molecule has 0 aromatic heterocycles. The van der Waals surface area contributed by atoms with E-state index in [0.717, 1.165) is 5.56 Å². The van der Waals surface area contributed by atoms with Gasteiger partial charge in [-0.2, -0.15) is 0 Å². The quantitative estimate of drug-likeness (QED) is 0.597. The van der Waals surface area contributed by atoms with E-state index in [1.165, 1.54) is 6.07 Å². The first-order valence-corrected chi connectivity index (χ1v) is 7.82. The molecule has 2 rings (SSSR count). The van der Waals surface area contributed by atoms with Gasteiger partial charge in [-0.05, 0) is 23.6 Å². The van der Waals surface area contributed by atoms with Crippen molar-refractivity contribution in [3.8, 4) is 0 Å². The molecule has 2 aromatic rings. The Morgan fingerprint density at radius 1 is 1.17 bits per heavy atom. The van der Waals surface area contributed by atoms with Crippen LogP contribution in [0.4, 0.5) is 17.1 Å². The second-order valence-corrected chi connectivity index (χ2v) is 5.97. The molecular formula is C18H21N3O3. The SMILES string of the molecule is CC(C)CNc1ccc(NC(=O)Cc2ccccc2)cc1[N+](=O)[O-]. The predicted octanol–water partition coefficient (Wildman–Crippen LogP) is 3.84. The largest absolute Gasteiger partial charge is 0.379 e. The average molecular weight is 327 g/mol. The summed E-state index contributed by atoms with van der Waals surface area (Å²) in [5.41, 5.74) is 1.71. The summed E-state index contributed by atoms with van der Waals surface area (Å²) in [5.74, 6) is 0.160. The zero-order chi connectivity index (χ0) is 17.5. The number of anilines is 2. The first-order chi connectivity index (χ1) is 11.5. The zero-order valence-electron chi connectivity index (χ0n) is 13.8. The van der Waals surface area contributed by atoms with E-state index in [-0.39, 0.29) is 18.0 Å². The Kier molecular flexibility index (Phi) is 5.89. The smallest absolute Gasteiger partial charge is 0.294 e. The van der Waals surface area contributed by atoms with Crippen LogP contribution in [-0.4, -0.2) is 17.4 Å². The summed E-state index contributed by atoms with van der Waals surface area (Å²) in [6.45, 7) is 4.69. The molecule has 0 spiro atoms. The van der Waals surface area contributed by atoms with Crippen molar-refractivity contribution >= 4 is 23.0 Å². The molecule has 0 aliphatic carbocycles. The highest BCUT2D eigenvalue weighted by atomic mass is 16.6. The molecule has 0 unspecified atom stereocenters. The molecule has 6 nitrogen and oxygen atoms in total. The van der Waals surface area contributed by atoms with Gasteiger partial charge in [0.2, 0.25) is 5.91 Å². The summed E-state index contributed by atoms with van der Waals surface area (Å²) < 4.78 is 0. The molecule has 2 N–H and O–H groups in total. The van der Waals surface area contributed by atoms with Crippen LogP contribution in [0.2, 0.25) is 0 Å². The van der Waals surface area contributed by atoms with Gasteiger partial charge in [0.15, 0.2) is 0 Å². The predicted molar refractivity (Wildman–Crippen MR) is 95.2 cm³/mol. The number of carbonyl (C=O) groups is 1. The number of hydrogen-bond acceptors (Lipinski definition) is 4. The average Bonchev–Trinajstić information content (AvgIpc) is 2.54. The van der Waals surface area contributed by atoms with Crippen molar-refractivity contribution in [3.05, 3.63) is 64.2 Å². The molecule has 6 heteroatoms. The Bertz CT molecular complexity index is 715. The highest BCUT2D eigenvalue weighted by Gasteiger charge is 2.15. The van der Waals surface area contributed by atoms with Gasteiger partial charge in [-0.1, -0.05) is 44.2 Å². The fourth-order valence-electron chi connectivity index (χ4n) is 2.21. The van der Waals surface area contributed by atoms with Crippen LogP contribution >= 0.6 is 0 Å². The van der Waals surface area contributed by atoms with Crippen LogP contribution in [0.1, 0.15) is 19.4 Å². The monoisotopic (exact) mass is 327 g/mol. The van der Waals surface area contributed by atoms with Crippen LogP contribution in [0.25, 0.3) is 0 Å². The lowest BCUT2D eigenvalue weighted by Crippen LogP contribution is -2.15. The third kappa shape index (κ3) is 5.08. The van der Waals surface area contributed by atoms with Crippen LogP contribution in [0.15, 0.2) is 48.5 Å². The maximum absolute atomic E-state index is 12.1. The number of amides is 1. The van der Waals surface area contributed by atoms with E-state index in [2.05, 4.69) is 10.6 Å². The summed E-state index contributed by atoms with van der Waals surface area (Å²) in [6.07, 6.45) is 0.224. The Morgan fingerprint density at radius 3 is 2.50 bits per heavy atom. The highest BCUT2D eigenvalue weighted by Crippen LogP contribution is 2.28. The second kappa shape index (κ2) is 8.10. The van der Waals surface area contributed by atoms with Crippen molar-refractivity contribution in [2.45, 2.75) is 20.3 Å². The summed E-state index contributed by atoms with van der Waals surface area (Å²) >= 11 is 0. The number of benzene rings is 2. The molecule has 24 heavy (non-hydrogen) atoms. The van der Waals surface area contributed by atoms with Gasteiger partial charge in [0, 0.05) is 18.3 Å². The molecule has 0 fully saturated rings. The van der Waals surface area contributed by atoms with Crippen molar-refractivity contribution in [2.24, 2.45) is 5.92 Å². The van der Waals surface area contributed by atoms with Crippen LogP contribution in [-0.2, 0) is 11.2 Å². The van der Waals surface area contributed by atoms with Crippen molar-refractivity contribution < 1.29 is 9.72 Å². The molecule has 0 aliphatic rings. The fraction of sp³-hybridized carbons (Fsp3) is 0.278. The van der Waals surface area contributed by atoms with Gasteiger partial charge in [-0.3, -0.25) is 14.9 Å². The topological polar surface area (TPSA) is 84.3 Å². The fourth-order valence-corrected chi connectivity index (χ4v) is 2.21. The van der Waals surface area contributed by atoms with Gasteiger partial charge in [-0.25, -0.2) is 0 Å². The molecule has 2 aromatic carbocycles. The van der Waals surface area contributed by atoms with Gasteiger partial charge in [0.1, 0.15) is 5.69 Å². The van der Waals surface area contributed by atoms with Crippen molar-refractivity contribution in [1.29, 1.82) is 0 Å². The molecule has 0 bridgehead atoms. The molecule has 1 amide bonds. The molecule has 0 aliphatic heterocycles. The van der Waals surface area contributed by atoms with Crippen molar-refractivity contribution in [1.82, 2.24) is 0 Å². The van der Waals surface area contributed by atoms with Crippen LogP contribution in [0.5, 0.6) is 0 Å². The van der Waals surface area contributed by atoms with Gasteiger partial charge in [-0.15, -0.1) is 0 Å². The number of nitro groups is 1. The number of carbonyl (C=O) groups excluding carboxylic acids is 1. The maximum Gasteiger partial charge on any atom is 0.294 e. The Hall–Kier alpha value is -2.89. The number of rotatable bonds is 7. The minimum atomic E-state index is -0.449. The number of hydrogen-bond donors (Lipinski definition) is 2. The van der Waals surface area contributed by atoms with Crippen LogP contribution in [0, 0.1) is 16.0 Å². The molecular weight excluding hydrogens is 306 g/mol. The molecule has 0 heterocycles. The number of nitrogens with one attached hydrogen (secondary N) is 2. The lowest BCUT2D eigenvalue weighted by molar-refractivity contribution is -0.383. The molecule has 0 saturated carbocycles. The van der Waals surface area contributed by atoms with E-state index < -0.39 is 4.92 Å². The van der Waals surface area contributed by atoms with Gasteiger partial charge >= 0.3 is 0 Å². The van der Waals surface area contributed by atoms with Crippen LogP contribution < -0.4 is 10.6 Å². The maximum atomic E-state index is 12.1. The zero-order valence-corrected chi connectivity index (χ0v) is 13.8. The van der Waals surface area contributed by atoms with Gasteiger partial charge in [0.25, 0.3) is 5.69 Å². The summed E-state index contributed by atoms with van der Waals surface area (Å²) in [5, 5.41) is 17.0. The van der Waals surface area contributed by atoms with Crippen molar-refractivity contribution in [3.63, 3.8) is 0 Å². The Labute approximate surface area is 141 Å². The van der Waals surface area contributed by atoms with Gasteiger partial charge < -0.3 is 10.6 Å². The lowest BCUT2D eigenvalue weighted by Gasteiger charge is -2.11. The second-order valence-electron chi connectivity index (χ2n) is 5.97. The summed E-state index contributed by atoms with van der Waals surface area (Å²) in [7, 11) is 0. The minimum Gasteiger partial charge on any atom is -0.379 e. The molecule has 0 saturated heterocycles. The van der Waals surface area contributed by atoms with E-state index >= 15 is 0 Å². The molecule has 0 radical (unpaired) electrons. The lowest BCUT2D eigenvalue weighted by atomic mass is 10.1. The van der Waals surface area contributed by atoms with E-state index in [9.17, 15) is 14.9 Å². The summed E-state index contributed by atoms with van der Waals surface area (Å²) in [4.78, 5) is 22.9. The highest BCUT2D eigenvalue weighted by molar-refractivity contribution is 5.93.